The molecule has 0 aromatic carbocycles. The highest BCUT2D eigenvalue weighted by atomic mass is 15.4. The van der Waals surface area contributed by atoms with E-state index >= 15 is 0 Å². The summed E-state index contributed by atoms with van der Waals surface area (Å²) < 4.78 is 1.85. The first-order valence-electron chi connectivity index (χ1n) is 11.0. The zero-order chi connectivity index (χ0) is 20.3. The van der Waals surface area contributed by atoms with Crippen LogP contribution < -0.4 is 9.80 Å². The van der Waals surface area contributed by atoms with Gasteiger partial charge in [-0.25, -0.2) is 9.67 Å². The molecule has 0 aliphatic carbocycles. The van der Waals surface area contributed by atoms with Crippen LogP contribution in [0.2, 0.25) is 0 Å². The summed E-state index contributed by atoms with van der Waals surface area (Å²) in [5.74, 6) is 0.919. The van der Waals surface area contributed by atoms with E-state index in [0.717, 1.165) is 49.1 Å². The van der Waals surface area contributed by atoms with Crippen LogP contribution in [0.1, 0.15) is 50.8 Å². The fourth-order valence-corrected chi connectivity index (χ4v) is 4.28. The summed E-state index contributed by atoms with van der Waals surface area (Å²) in [5.41, 5.74) is 3.68. The lowest BCUT2D eigenvalue weighted by Gasteiger charge is -2.28. The highest BCUT2D eigenvalue weighted by Crippen LogP contribution is 2.24. The Hall–Kier alpha value is -3.03. The Morgan fingerprint density at radius 3 is 2.37 bits per heavy atom. The van der Waals surface area contributed by atoms with E-state index in [9.17, 15) is 0 Å². The minimum absolute atomic E-state index is 0.00335. The van der Waals surface area contributed by atoms with Crippen LogP contribution in [0.15, 0.2) is 36.9 Å². The van der Waals surface area contributed by atoms with Gasteiger partial charge >= 0.3 is 0 Å². The first kappa shape index (κ1) is 19.0. The molecule has 2 aliphatic heterocycles. The summed E-state index contributed by atoms with van der Waals surface area (Å²) in [6.45, 7) is 6.43. The van der Waals surface area contributed by atoms with Crippen LogP contribution in [0, 0.1) is 0 Å². The molecule has 3 aromatic heterocycles. The first-order chi connectivity index (χ1) is 14.8. The number of aromatic nitrogens is 6. The predicted molar refractivity (Wildman–Crippen MR) is 117 cm³/mol. The monoisotopic (exact) mass is 404 g/mol. The SMILES string of the molecule is CC(c1ccc(N2CCCCC2)cn1)n1cc(-c2cncc(N3CCCC3)n2)nn1. The minimum atomic E-state index is -0.00335. The summed E-state index contributed by atoms with van der Waals surface area (Å²) >= 11 is 0. The van der Waals surface area contributed by atoms with Crippen LogP contribution in [0.5, 0.6) is 0 Å². The van der Waals surface area contributed by atoms with Crippen molar-refractivity contribution in [2.24, 2.45) is 0 Å². The lowest BCUT2D eigenvalue weighted by Crippen LogP contribution is -2.29. The Morgan fingerprint density at radius 2 is 1.60 bits per heavy atom. The van der Waals surface area contributed by atoms with Crippen LogP contribution in [-0.4, -0.2) is 56.1 Å². The smallest absolute Gasteiger partial charge is 0.147 e. The van der Waals surface area contributed by atoms with Gasteiger partial charge in [-0.3, -0.25) is 9.97 Å². The number of anilines is 2. The van der Waals surface area contributed by atoms with Gasteiger partial charge in [0.15, 0.2) is 0 Å². The van der Waals surface area contributed by atoms with Gasteiger partial charge in [0.1, 0.15) is 17.2 Å². The second-order valence-corrected chi connectivity index (χ2v) is 8.21. The summed E-state index contributed by atoms with van der Waals surface area (Å²) in [6, 6.07) is 4.27. The molecule has 3 aromatic rings. The highest BCUT2D eigenvalue weighted by molar-refractivity contribution is 5.54. The molecule has 1 atom stereocenters. The van der Waals surface area contributed by atoms with Crippen molar-refractivity contribution in [2.75, 3.05) is 36.0 Å². The quantitative estimate of drug-likeness (QED) is 0.645. The van der Waals surface area contributed by atoms with Crippen molar-refractivity contribution in [1.82, 2.24) is 29.9 Å². The largest absolute Gasteiger partial charge is 0.370 e. The maximum atomic E-state index is 4.76. The van der Waals surface area contributed by atoms with E-state index in [0.29, 0.717) is 0 Å². The molecule has 156 valence electrons. The number of hydrogen-bond donors (Lipinski definition) is 0. The molecule has 0 amide bonds. The molecule has 2 aliphatic rings. The lowest BCUT2D eigenvalue weighted by atomic mass is 10.1. The normalized spacial score (nSPS) is 18.0. The zero-order valence-electron chi connectivity index (χ0n) is 17.5. The van der Waals surface area contributed by atoms with E-state index in [-0.39, 0.29) is 6.04 Å². The molecule has 2 saturated heterocycles. The molecule has 5 heterocycles. The molecular weight excluding hydrogens is 376 g/mol. The maximum Gasteiger partial charge on any atom is 0.147 e. The third kappa shape index (κ3) is 3.86. The lowest BCUT2D eigenvalue weighted by molar-refractivity contribution is 0.531. The summed E-state index contributed by atoms with van der Waals surface area (Å²) in [5, 5.41) is 8.69. The van der Waals surface area contributed by atoms with E-state index in [1.807, 2.05) is 23.3 Å². The first-order valence-corrected chi connectivity index (χ1v) is 11.0. The van der Waals surface area contributed by atoms with E-state index in [2.05, 4.69) is 44.2 Å². The Kier molecular flexibility index (Phi) is 5.29. The average Bonchev–Trinajstić information content (AvgIpc) is 3.52. The standard InChI is InChI=1S/C22H28N8/c1-17(19-8-7-18(13-24-19)28-9-3-2-4-10-28)30-16-21(26-27-30)20-14-23-15-22(25-20)29-11-5-6-12-29/h7-8,13-17H,2-6,9-12H2,1H3. The molecule has 0 N–H and O–H groups in total. The Labute approximate surface area is 177 Å². The molecular formula is C22H28N8. The van der Waals surface area contributed by atoms with Crippen molar-refractivity contribution < 1.29 is 0 Å². The average molecular weight is 405 g/mol. The molecule has 5 rings (SSSR count). The van der Waals surface area contributed by atoms with Crippen molar-refractivity contribution in [3.8, 4) is 11.4 Å². The number of nitrogens with zero attached hydrogens (tertiary/aromatic N) is 8. The van der Waals surface area contributed by atoms with Gasteiger partial charge in [0.05, 0.1) is 42.2 Å². The van der Waals surface area contributed by atoms with Gasteiger partial charge in [-0.2, -0.15) is 0 Å². The summed E-state index contributed by atoms with van der Waals surface area (Å²) in [7, 11) is 0. The number of rotatable bonds is 5. The maximum absolute atomic E-state index is 4.76. The molecule has 8 heteroatoms. The predicted octanol–water partition coefficient (Wildman–Crippen LogP) is 3.33. The molecule has 8 nitrogen and oxygen atoms in total. The van der Waals surface area contributed by atoms with Gasteiger partial charge in [-0.1, -0.05) is 5.21 Å². The second-order valence-electron chi connectivity index (χ2n) is 8.21. The fourth-order valence-electron chi connectivity index (χ4n) is 4.28. The number of hydrogen-bond acceptors (Lipinski definition) is 7. The van der Waals surface area contributed by atoms with Crippen molar-refractivity contribution in [3.05, 3.63) is 42.6 Å². The van der Waals surface area contributed by atoms with Crippen molar-refractivity contribution in [3.63, 3.8) is 0 Å². The minimum Gasteiger partial charge on any atom is -0.370 e. The number of pyridine rings is 1. The van der Waals surface area contributed by atoms with E-state index < -0.39 is 0 Å². The molecule has 30 heavy (non-hydrogen) atoms. The van der Waals surface area contributed by atoms with Gasteiger partial charge in [0.25, 0.3) is 0 Å². The topological polar surface area (TPSA) is 75.9 Å². The third-order valence-electron chi connectivity index (χ3n) is 6.14. The second kappa shape index (κ2) is 8.38. The Bertz CT molecular complexity index is 971. The van der Waals surface area contributed by atoms with Gasteiger partial charge in [0, 0.05) is 26.2 Å². The zero-order valence-corrected chi connectivity index (χ0v) is 17.5. The van der Waals surface area contributed by atoms with Gasteiger partial charge < -0.3 is 9.80 Å². The number of piperidine rings is 1. The van der Waals surface area contributed by atoms with E-state index in [1.54, 1.807) is 6.20 Å². The van der Waals surface area contributed by atoms with E-state index in [4.69, 9.17) is 9.97 Å². The Morgan fingerprint density at radius 1 is 0.833 bits per heavy atom. The molecule has 1 unspecified atom stereocenters. The van der Waals surface area contributed by atoms with Gasteiger partial charge in [0.2, 0.25) is 0 Å². The molecule has 0 bridgehead atoms. The van der Waals surface area contributed by atoms with Gasteiger partial charge in [-0.05, 0) is 51.2 Å². The van der Waals surface area contributed by atoms with Crippen molar-refractivity contribution in [2.45, 2.75) is 45.1 Å². The van der Waals surface area contributed by atoms with Crippen molar-refractivity contribution >= 4 is 11.5 Å². The molecule has 0 spiro atoms. The Balaban J connectivity index is 1.32. The summed E-state index contributed by atoms with van der Waals surface area (Å²) in [6.07, 6.45) is 13.8. The van der Waals surface area contributed by atoms with Crippen molar-refractivity contribution in [1.29, 1.82) is 0 Å². The molecule has 0 radical (unpaired) electrons. The third-order valence-corrected chi connectivity index (χ3v) is 6.14. The van der Waals surface area contributed by atoms with Crippen LogP contribution in [0.3, 0.4) is 0 Å². The van der Waals surface area contributed by atoms with Crippen LogP contribution in [0.25, 0.3) is 11.4 Å². The van der Waals surface area contributed by atoms with Crippen LogP contribution >= 0.6 is 0 Å². The summed E-state index contributed by atoms with van der Waals surface area (Å²) in [4.78, 5) is 18.5. The molecule has 0 saturated carbocycles. The van der Waals surface area contributed by atoms with Crippen LogP contribution in [-0.2, 0) is 0 Å². The van der Waals surface area contributed by atoms with Gasteiger partial charge in [-0.15, -0.1) is 5.10 Å². The van der Waals surface area contributed by atoms with Crippen LogP contribution in [0.4, 0.5) is 11.5 Å². The molecule has 2 fully saturated rings. The van der Waals surface area contributed by atoms with E-state index in [1.165, 1.54) is 37.8 Å². The fraction of sp³-hybridized carbons (Fsp3) is 0.500. The highest BCUT2D eigenvalue weighted by Gasteiger charge is 2.18.